The van der Waals surface area contributed by atoms with Crippen LogP contribution in [0.25, 0.3) is 0 Å². The zero-order chi connectivity index (χ0) is 17.1. The largest absolute Gasteiger partial charge is 0.378 e. The molecule has 1 aromatic rings. The topological polar surface area (TPSA) is 84.6 Å². The van der Waals surface area contributed by atoms with Gasteiger partial charge in [-0.25, -0.2) is 9.97 Å². The van der Waals surface area contributed by atoms with Gasteiger partial charge in [0.1, 0.15) is 12.1 Å². The second-order valence-electron chi connectivity index (χ2n) is 6.97. The van der Waals surface area contributed by atoms with E-state index in [1.807, 2.05) is 4.90 Å². The van der Waals surface area contributed by atoms with E-state index in [1.54, 1.807) is 6.33 Å². The first-order chi connectivity index (χ1) is 11.6. The molecule has 1 aromatic heterocycles. The Bertz CT molecular complexity index is 586. The van der Waals surface area contributed by atoms with Crippen molar-refractivity contribution in [3.05, 3.63) is 17.6 Å². The number of morpholine rings is 1. The van der Waals surface area contributed by atoms with Crippen LogP contribution >= 0.6 is 0 Å². The van der Waals surface area contributed by atoms with E-state index in [9.17, 15) is 4.79 Å². The van der Waals surface area contributed by atoms with Gasteiger partial charge in [-0.15, -0.1) is 0 Å². The highest BCUT2D eigenvalue weighted by molar-refractivity contribution is 5.82. The molecule has 3 rings (SSSR count). The second kappa shape index (κ2) is 7.44. The summed E-state index contributed by atoms with van der Waals surface area (Å²) in [6.07, 6.45) is 3.10. The molecule has 0 aliphatic carbocycles. The summed E-state index contributed by atoms with van der Waals surface area (Å²) in [6, 6.07) is -0.424. The maximum atomic E-state index is 12.6. The number of carbonyl (C=O) groups excluding carboxylic acids is 1. The molecule has 132 valence electrons. The Hall–Kier alpha value is -1.73. The van der Waals surface area contributed by atoms with Gasteiger partial charge >= 0.3 is 0 Å². The number of rotatable bonds is 4. The molecule has 2 N–H and O–H groups in total. The first-order valence-electron chi connectivity index (χ1n) is 8.76. The zero-order valence-corrected chi connectivity index (χ0v) is 14.6. The molecule has 2 aliphatic rings. The van der Waals surface area contributed by atoms with Crippen molar-refractivity contribution in [2.75, 3.05) is 37.7 Å². The molecule has 0 aromatic carbocycles. The van der Waals surface area contributed by atoms with E-state index in [4.69, 9.17) is 10.5 Å². The fourth-order valence-corrected chi connectivity index (χ4v) is 3.42. The Balaban J connectivity index is 1.73. The van der Waals surface area contributed by atoms with Crippen molar-refractivity contribution >= 4 is 11.7 Å². The molecular formula is C17H27N5O2. The monoisotopic (exact) mass is 333 g/mol. The van der Waals surface area contributed by atoms with Crippen molar-refractivity contribution in [1.29, 1.82) is 0 Å². The van der Waals surface area contributed by atoms with Crippen molar-refractivity contribution in [2.45, 2.75) is 39.3 Å². The summed E-state index contributed by atoms with van der Waals surface area (Å²) in [4.78, 5) is 25.6. The lowest BCUT2D eigenvalue weighted by Crippen LogP contribution is -2.47. The van der Waals surface area contributed by atoms with Crippen LogP contribution in [0.15, 0.2) is 6.33 Å². The Labute approximate surface area is 143 Å². The highest BCUT2D eigenvalue weighted by Crippen LogP contribution is 2.26. The predicted octanol–water partition coefficient (Wildman–Crippen LogP) is 0.571. The molecule has 0 bridgehead atoms. The maximum absolute atomic E-state index is 12.6. The number of nitrogens with zero attached hydrogens (tertiary/aromatic N) is 4. The van der Waals surface area contributed by atoms with Crippen LogP contribution in [0.1, 0.15) is 31.5 Å². The molecule has 3 heterocycles. The van der Waals surface area contributed by atoms with Gasteiger partial charge in [-0.1, -0.05) is 13.8 Å². The van der Waals surface area contributed by atoms with Crippen LogP contribution in [0.5, 0.6) is 0 Å². The van der Waals surface area contributed by atoms with Gasteiger partial charge in [0.2, 0.25) is 5.91 Å². The first kappa shape index (κ1) is 17.1. The van der Waals surface area contributed by atoms with E-state index in [1.165, 1.54) is 5.56 Å². The van der Waals surface area contributed by atoms with Crippen molar-refractivity contribution in [1.82, 2.24) is 14.9 Å². The normalized spacial score (nSPS) is 19.3. The van der Waals surface area contributed by atoms with Gasteiger partial charge in [-0.3, -0.25) is 4.79 Å². The molecule has 0 spiro atoms. The van der Waals surface area contributed by atoms with Gasteiger partial charge in [0.05, 0.1) is 31.5 Å². The highest BCUT2D eigenvalue weighted by Gasteiger charge is 2.29. The highest BCUT2D eigenvalue weighted by atomic mass is 16.5. The molecule has 1 amide bonds. The summed E-state index contributed by atoms with van der Waals surface area (Å²) in [6.45, 7) is 8.54. The molecule has 0 unspecified atom stereocenters. The minimum Gasteiger partial charge on any atom is -0.378 e. The van der Waals surface area contributed by atoms with E-state index in [-0.39, 0.29) is 5.91 Å². The third-order valence-electron chi connectivity index (χ3n) is 4.65. The van der Waals surface area contributed by atoms with E-state index >= 15 is 0 Å². The Kier molecular flexibility index (Phi) is 5.30. The van der Waals surface area contributed by atoms with Gasteiger partial charge in [-0.05, 0) is 18.8 Å². The molecule has 0 radical (unpaired) electrons. The van der Waals surface area contributed by atoms with Crippen LogP contribution in [0.3, 0.4) is 0 Å². The number of ether oxygens (including phenoxy) is 1. The van der Waals surface area contributed by atoms with Crippen LogP contribution in [0.4, 0.5) is 5.82 Å². The van der Waals surface area contributed by atoms with Gasteiger partial charge in [0.15, 0.2) is 0 Å². The number of amides is 1. The fourth-order valence-electron chi connectivity index (χ4n) is 3.42. The molecule has 7 nitrogen and oxygen atoms in total. The van der Waals surface area contributed by atoms with E-state index < -0.39 is 6.04 Å². The summed E-state index contributed by atoms with van der Waals surface area (Å²) in [5.74, 6) is 1.44. The van der Waals surface area contributed by atoms with Crippen LogP contribution in [0, 0.1) is 5.92 Å². The molecular weight excluding hydrogens is 306 g/mol. The minimum absolute atomic E-state index is 0.0286. The van der Waals surface area contributed by atoms with E-state index in [0.717, 1.165) is 44.2 Å². The lowest BCUT2D eigenvalue weighted by molar-refractivity contribution is -0.134. The SMILES string of the molecule is CC(C)C[C@H](N)C(=O)N1CCc2c(ncnc2N2CCOCC2)C1. The number of fused-ring (bicyclic) bond motifs is 1. The summed E-state index contributed by atoms with van der Waals surface area (Å²) < 4.78 is 5.42. The van der Waals surface area contributed by atoms with Crippen molar-refractivity contribution in [2.24, 2.45) is 11.7 Å². The number of nitrogens with two attached hydrogens (primary N) is 1. The number of hydrogen-bond donors (Lipinski definition) is 1. The van der Waals surface area contributed by atoms with Crippen LogP contribution in [-0.2, 0) is 22.5 Å². The maximum Gasteiger partial charge on any atom is 0.239 e. The Morgan fingerprint density at radius 3 is 2.75 bits per heavy atom. The Morgan fingerprint density at radius 1 is 1.29 bits per heavy atom. The van der Waals surface area contributed by atoms with Crippen LogP contribution in [0.2, 0.25) is 0 Å². The summed E-state index contributed by atoms with van der Waals surface area (Å²) in [5.41, 5.74) is 8.18. The van der Waals surface area contributed by atoms with Crippen LogP contribution in [-0.4, -0.2) is 59.7 Å². The van der Waals surface area contributed by atoms with Gasteiger partial charge in [-0.2, -0.15) is 0 Å². The third kappa shape index (κ3) is 3.67. The van der Waals surface area contributed by atoms with Gasteiger partial charge in [0.25, 0.3) is 0 Å². The lowest BCUT2D eigenvalue weighted by Gasteiger charge is -2.34. The van der Waals surface area contributed by atoms with Crippen molar-refractivity contribution in [3.8, 4) is 0 Å². The molecule has 1 atom stereocenters. The van der Waals surface area contributed by atoms with E-state index in [0.29, 0.717) is 25.4 Å². The van der Waals surface area contributed by atoms with Gasteiger partial charge < -0.3 is 20.3 Å². The number of anilines is 1. The molecule has 7 heteroatoms. The molecule has 0 saturated carbocycles. The molecule has 2 aliphatic heterocycles. The fraction of sp³-hybridized carbons (Fsp3) is 0.706. The Morgan fingerprint density at radius 2 is 2.04 bits per heavy atom. The first-order valence-corrected chi connectivity index (χ1v) is 8.76. The molecule has 1 fully saturated rings. The predicted molar refractivity (Wildman–Crippen MR) is 91.6 cm³/mol. The van der Waals surface area contributed by atoms with E-state index in [2.05, 4.69) is 28.7 Å². The summed E-state index contributed by atoms with van der Waals surface area (Å²) in [7, 11) is 0. The van der Waals surface area contributed by atoms with Crippen molar-refractivity contribution in [3.63, 3.8) is 0 Å². The van der Waals surface area contributed by atoms with Crippen molar-refractivity contribution < 1.29 is 9.53 Å². The number of carbonyl (C=O) groups is 1. The lowest BCUT2D eigenvalue weighted by atomic mass is 10.0. The van der Waals surface area contributed by atoms with Crippen LogP contribution < -0.4 is 10.6 Å². The van der Waals surface area contributed by atoms with Gasteiger partial charge in [0, 0.05) is 25.2 Å². The quantitative estimate of drug-likeness (QED) is 0.867. The smallest absolute Gasteiger partial charge is 0.239 e. The number of hydrogen-bond acceptors (Lipinski definition) is 6. The summed E-state index contributed by atoms with van der Waals surface area (Å²) in [5, 5.41) is 0. The standard InChI is InChI=1S/C17H27N5O2/c1-12(2)9-14(18)17(23)22-4-3-13-15(10-22)19-11-20-16(13)21-5-7-24-8-6-21/h11-12,14H,3-10,18H2,1-2H3/t14-/m0/s1. The average molecular weight is 333 g/mol. The third-order valence-corrected chi connectivity index (χ3v) is 4.65. The minimum atomic E-state index is -0.424. The molecule has 1 saturated heterocycles. The second-order valence-corrected chi connectivity index (χ2v) is 6.97. The zero-order valence-electron chi connectivity index (χ0n) is 14.6. The number of aromatic nitrogens is 2. The average Bonchev–Trinajstić information content (AvgIpc) is 2.60. The molecule has 24 heavy (non-hydrogen) atoms. The summed E-state index contributed by atoms with van der Waals surface area (Å²) >= 11 is 0.